The minimum absolute atomic E-state index is 0.0463. The molecule has 1 aliphatic rings. The second kappa shape index (κ2) is 9.62. The monoisotopic (exact) mass is 516 g/mol. The Labute approximate surface area is 197 Å². The summed E-state index contributed by atoms with van der Waals surface area (Å²) in [5.41, 5.74) is 4.90. The molecule has 0 aliphatic heterocycles. The molecule has 0 saturated heterocycles. The normalized spacial score (nSPS) is 14.6. The zero-order valence-electron chi connectivity index (χ0n) is 18.1. The molecule has 0 atom stereocenters. The van der Waals surface area contributed by atoms with E-state index in [1.165, 1.54) is 12.1 Å². The van der Waals surface area contributed by atoms with E-state index in [1.807, 2.05) is 0 Å². The fourth-order valence-corrected chi connectivity index (χ4v) is 3.19. The molecule has 2 aromatic heterocycles. The predicted molar refractivity (Wildman–Crippen MR) is 117 cm³/mol. The minimum Gasteiger partial charge on any atom is -0.384 e. The highest BCUT2D eigenvalue weighted by Crippen LogP contribution is 2.59. The molecule has 1 amide bonds. The van der Waals surface area contributed by atoms with Crippen molar-refractivity contribution in [1.29, 1.82) is 0 Å². The number of pyridine rings is 1. The number of nitrogens with one attached hydrogen (secondary N) is 1. The fourth-order valence-electron chi connectivity index (χ4n) is 3.19. The second-order valence-corrected chi connectivity index (χ2v) is 9.35. The van der Waals surface area contributed by atoms with Gasteiger partial charge in [-0.05, 0) is 36.1 Å². The minimum atomic E-state index is -4.42. The summed E-state index contributed by atoms with van der Waals surface area (Å²) in [4.78, 5) is 15.8. The van der Waals surface area contributed by atoms with E-state index in [-0.39, 0.29) is 42.2 Å². The van der Waals surface area contributed by atoms with Gasteiger partial charge in [-0.15, -0.1) is 0 Å². The molecule has 35 heavy (non-hydrogen) atoms. The third-order valence-electron chi connectivity index (χ3n) is 5.04. The van der Waals surface area contributed by atoms with Crippen molar-refractivity contribution in [2.45, 2.75) is 30.9 Å². The van der Waals surface area contributed by atoms with E-state index >= 15 is 0 Å². The number of nitrogens with two attached hydrogens (primary N) is 1. The number of hydrogen-bond donors (Lipinski definition) is 3. The molecule has 3 aromatic rings. The lowest BCUT2D eigenvalue weighted by atomic mass is 10.0. The number of aromatic nitrogens is 2. The summed E-state index contributed by atoms with van der Waals surface area (Å²) in [6, 6.07) is 10.6. The largest absolute Gasteiger partial charge is 0.401 e. The van der Waals surface area contributed by atoms with Crippen molar-refractivity contribution >= 4 is 27.7 Å². The smallest absolute Gasteiger partial charge is 0.384 e. The van der Waals surface area contributed by atoms with Crippen molar-refractivity contribution in [3.8, 4) is 11.1 Å². The Morgan fingerprint density at radius 3 is 2.31 bits per heavy atom. The third kappa shape index (κ3) is 6.76. The van der Waals surface area contributed by atoms with Gasteiger partial charge in [0.1, 0.15) is 11.2 Å². The Kier molecular flexibility index (Phi) is 7.17. The number of halogens is 4. The van der Waals surface area contributed by atoms with Crippen LogP contribution in [-0.2, 0) is 26.7 Å². The highest BCUT2D eigenvalue weighted by molar-refractivity contribution is 7.85. The van der Waals surface area contributed by atoms with Crippen LogP contribution < -0.4 is 11.1 Å². The zero-order chi connectivity index (χ0) is 26.0. The molecule has 1 fully saturated rings. The summed E-state index contributed by atoms with van der Waals surface area (Å²) >= 11 is 0. The van der Waals surface area contributed by atoms with Crippen molar-refractivity contribution in [2.75, 3.05) is 17.3 Å². The molecule has 1 aromatic carbocycles. The molecular formula is C21H20F4N4O5S. The molecule has 1 saturated carbocycles. The van der Waals surface area contributed by atoms with Gasteiger partial charge in [0, 0.05) is 11.6 Å². The Morgan fingerprint density at radius 1 is 1.20 bits per heavy atom. The lowest BCUT2D eigenvalue weighted by Crippen LogP contribution is -2.28. The highest BCUT2D eigenvalue weighted by Gasteiger charge is 2.66. The average molecular weight is 516 g/mol. The maximum Gasteiger partial charge on any atom is 0.401 e. The standard InChI is InChI=1S/C20H16F4N4O2.CH4O3S/c21-18-13(5-6-15(25)26-18)12-3-1-11(2-4-12)9-17(29)27-16-10-14(30-28-16)19(7-8-19)20(22,23)24;1-5(2,3)4/h1-6,10H,7-9H2,(H2,25,26)(H,27,28,29);1H3,(H,2,3,4). The second-order valence-electron chi connectivity index (χ2n) is 7.89. The van der Waals surface area contributed by atoms with Crippen molar-refractivity contribution < 1.29 is 39.8 Å². The molecule has 9 nitrogen and oxygen atoms in total. The van der Waals surface area contributed by atoms with Gasteiger partial charge in [0.25, 0.3) is 10.1 Å². The first-order chi connectivity index (χ1) is 16.2. The SMILES string of the molecule is CS(=O)(=O)O.Nc1ccc(-c2ccc(CC(=O)Nc3cc(C4(C(F)(F)F)CC4)on3)cc2)c(F)n1. The van der Waals surface area contributed by atoms with E-state index in [0.717, 1.165) is 6.07 Å². The van der Waals surface area contributed by atoms with Gasteiger partial charge in [-0.1, -0.05) is 29.4 Å². The number of nitrogen functional groups attached to an aromatic ring is 1. The molecule has 0 spiro atoms. The van der Waals surface area contributed by atoms with Gasteiger partial charge in [0.15, 0.2) is 11.6 Å². The van der Waals surface area contributed by atoms with Gasteiger partial charge in [-0.25, -0.2) is 4.98 Å². The van der Waals surface area contributed by atoms with E-state index in [2.05, 4.69) is 15.5 Å². The summed E-state index contributed by atoms with van der Waals surface area (Å²) < 4.78 is 84.0. The summed E-state index contributed by atoms with van der Waals surface area (Å²) in [5, 5.41) is 5.95. The summed E-state index contributed by atoms with van der Waals surface area (Å²) in [7, 11) is -3.67. The first kappa shape index (κ1) is 26.1. The number of benzene rings is 1. The van der Waals surface area contributed by atoms with Crippen LogP contribution in [0.2, 0.25) is 0 Å². The van der Waals surface area contributed by atoms with Gasteiger partial charge in [-0.2, -0.15) is 26.0 Å². The van der Waals surface area contributed by atoms with Crippen LogP contribution in [-0.4, -0.2) is 41.5 Å². The molecule has 4 N–H and O–H groups in total. The first-order valence-corrected chi connectivity index (χ1v) is 11.8. The number of anilines is 2. The van der Waals surface area contributed by atoms with E-state index in [1.54, 1.807) is 24.3 Å². The van der Waals surface area contributed by atoms with Crippen LogP contribution in [0.5, 0.6) is 0 Å². The maximum atomic E-state index is 13.9. The number of hydrogen-bond acceptors (Lipinski definition) is 7. The third-order valence-corrected chi connectivity index (χ3v) is 5.04. The fraction of sp³-hybridized carbons (Fsp3) is 0.286. The predicted octanol–water partition coefficient (Wildman–Crippen LogP) is 3.74. The maximum absolute atomic E-state index is 13.9. The van der Waals surface area contributed by atoms with Crippen LogP contribution in [0, 0.1) is 5.95 Å². The van der Waals surface area contributed by atoms with Crippen LogP contribution in [0.1, 0.15) is 24.2 Å². The lowest BCUT2D eigenvalue weighted by molar-refractivity contribution is -0.165. The quantitative estimate of drug-likeness (QED) is 0.264. The number of nitrogens with zero attached hydrogens (tertiary/aromatic N) is 2. The van der Waals surface area contributed by atoms with E-state index in [9.17, 15) is 30.8 Å². The number of amides is 1. The van der Waals surface area contributed by atoms with Crippen molar-refractivity contribution in [3.63, 3.8) is 0 Å². The Hall–Kier alpha value is -3.52. The molecule has 14 heteroatoms. The van der Waals surface area contributed by atoms with Crippen LogP contribution in [0.15, 0.2) is 47.0 Å². The molecular weight excluding hydrogens is 496 g/mol. The first-order valence-electron chi connectivity index (χ1n) is 9.95. The van der Waals surface area contributed by atoms with Gasteiger partial charge in [0.2, 0.25) is 11.9 Å². The van der Waals surface area contributed by atoms with E-state index in [4.69, 9.17) is 14.8 Å². The number of carbonyl (C=O) groups excluding carboxylic acids is 1. The van der Waals surface area contributed by atoms with Crippen LogP contribution in [0.25, 0.3) is 11.1 Å². The van der Waals surface area contributed by atoms with Crippen LogP contribution in [0.3, 0.4) is 0 Å². The average Bonchev–Trinajstić information content (AvgIpc) is 3.42. The summed E-state index contributed by atoms with van der Waals surface area (Å²) in [6.07, 6.45) is -3.87. The molecule has 0 radical (unpaired) electrons. The van der Waals surface area contributed by atoms with Crippen LogP contribution >= 0.6 is 0 Å². The summed E-state index contributed by atoms with van der Waals surface area (Å²) in [5.74, 6) is -1.47. The molecule has 0 unspecified atom stereocenters. The Bertz CT molecular complexity index is 1310. The van der Waals surface area contributed by atoms with Crippen molar-refractivity contribution in [2.24, 2.45) is 0 Å². The molecule has 0 bridgehead atoms. The molecule has 1 aliphatic carbocycles. The highest BCUT2D eigenvalue weighted by atomic mass is 32.2. The van der Waals surface area contributed by atoms with Gasteiger partial charge < -0.3 is 15.6 Å². The van der Waals surface area contributed by atoms with Gasteiger partial charge >= 0.3 is 6.18 Å². The number of carbonyl (C=O) groups is 1. The van der Waals surface area contributed by atoms with Gasteiger partial charge in [0.05, 0.1) is 12.7 Å². The summed E-state index contributed by atoms with van der Waals surface area (Å²) in [6.45, 7) is 0. The van der Waals surface area contributed by atoms with Crippen LogP contribution in [0.4, 0.5) is 29.2 Å². The molecule has 4 rings (SSSR count). The zero-order valence-corrected chi connectivity index (χ0v) is 19.0. The topological polar surface area (TPSA) is 148 Å². The molecule has 188 valence electrons. The molecule has 2 heterocycles. The Balaban J connectivity index is 0.000000623. The van der Waals surface area contributed by atoms with Crippen molar-refractivity contribution in [3.05, 3.63) is 59.7 Å². The van der Waals surface area contributed by atoms with E-state index < -0.39 is 33.6 Å². The number of alkyl halides is 3. The lowest BCUT2D eigenvalue weighted by Gasteiger charge is -2.14. The number of rotatable bonds is 5. The van der Waals surface area contributed by atoms with E-state index in [0.29, 0.717) is 17.4 Å². The van der Waals surface area contributed by atoms with Gasteiger partial charge in [-0.3, -0.25) is 9.35 Å². The Morgan fingerprint density at radius 2 is 1.80 bits per heavy atom. The van der Waals surface area contributed by atoms with Crippen molar-refractivity contribution in [1.82, 2.24) is 10.1 Å².